The molecule has 1 atom stereocenters. The number of benzene rings is 2. The zero-order valence-electron chi connectivity index (χ0n) is 18.5. The summed E-state index contributed by atoms with van der Waals surface area (Å²) in [5, 5.41) is 9.64. The molecule has 4 rings (SSSR count). The van der Waals surface area contributed by atoms with Gasteiger partial charge in [0, 0.05) is 25.2 Å². The van der Waals surface area contributed by atoms with Gasteiger partial charge in [0.1, 0.15) is 18.0 Å². The van der Waals surface area contributed by atoms with Crippen molar-refractivity contribution in [2.24, 2.45) is 7.05 Å². The van der Waals surface area contributed by atoms with Crippen LogP contribution in [0.4, 0.5) is 0 Å². The van der Waals surface area contributed by atoms with Gasteiger partial charge in [0.2, 0.25) is 11.7 Å². The molecule has 1 unspecified atom stereocenters. The van der Waals surface area contributed by atoms with Gasteiger partial charge in [-0.3, -0.25) is 19.1 Å². The molecule has 2 heterocycles. The second kappa shape index (κ2) is 10.4. The topological polar surface area (TPSA) is 119 Å². The van der Waals surface area contributed by atoms with Crippen LogP contribution < -0.4 is 10.6 Å². The summed E-state index contributed by atoms with van der Waals surface area (Å²) >= 11 is 0. The molecule has 0 bridgehead atoms. The largest absolute Gasteiger partial charge is 0.447 e. The number of aryl methyl sites for hydroxylation is 1. The van der Waals surface area contributed by atoms with Crippen molar-refractivity contribution < 1.29 is 18.8 Å². The Morgan fingerprint density at radius 2 is 1.74 bits per heavy atom. The molecule has 0 radical (unpaired) electrons. The van der Waals surface area contributed by atoms with Gasteiger partial charge in [-0.25, -0.2) is 4.98 Å². The lowest BCUT2D eigenvalue weighted by atomic mass is 10.0. The zero-order valence-corrected chi connectivity index (χ0v) is 18.5. The van der Waals surface area contributed by atoms with Crippen LogP contribution in [-0.2, 0) is 29.6 Å². The number of nitrogens with zero attached hydrogens (tertiary/aromatic N) is 3. The predicted octanol–water partition coefficient (Wildman–Crippen LogP) is 2.30. The maximum absolute atomic E-state index is 13.3. The van der Waals surface area contributed by atoms with Crippen LogP contribution in [0.5, 0.6) is 0 Å². The maximum atomic E-state index is 13.3. The number of ketones is 1. The standard InChI is InChI=1S/C25H23N5O4/c1-30-16-19(22(29-30)18-10-6-3-7-11-18)24(32)28-20(14-17-8-4-2-5-9-17)23(31)25(33)27-15-21-26-12-13-34-21/h2-13,16,20H,14-15H2,1H3,(H,27,33)(H,28,32). The number of carbonyl (C=O) groups excluding carboxylic acids is 3. The molecule has 0 aliphatic rings. The van der Waals surface area contributed by atoms with Gasteiger partial charge in [0.25, 0.3) is 11.8 Å². The predicted molar refractivity (Wildman–Crippen MR) is 123 cm³/mol. The summed E-state index contributed by atoms with van der Waals surface area (Å²) in [4.78, 5) is 42.8. The first-order chi connectivity index (χ1) is 16.5. The molecule has 9 heteroatoms. The highest BCUT2D eigenvalue weighted by Gasteiger charge is 2.29. The summed E-state index contributed by atoms with van der Waals surface area (Å²) < 4.78 is 6.62. The minimum Gasteiger partial charge on any atom is -0.447 e. The maximum Gasteiger partial charge on any atom is 0.290 e. The van der Waals surface area contributed by atoms with E-state index in [1.54, 1.807) is 13.2 Å². The Kier molecular flexibility index (Phi) is 6.92. The summed E-state index contributed by atoms with van der Waals surface area (Å²) in [6.45, 7) is -0.0374. The average Bonchev–Trinajstić information content (AvgIpc) is 3.52. The van der Waals surface area contributed by atoms with Gasteiger partial charge < -0.3 is 15.1 Å². The molecule has 0 fully saturated rings. The third kappa shape index (κ3) is 5.44. The number of rotatable bonds is 9. The number of carbonyl (C=O) groups is 3. The molecule has 2 aromatic heterocycles. The van der Waals surface area contributed by atoms with E-state index >= 15 is 0 Å². The molecule has 34 heavy (non-hydrogen) atoms. The van der Waals surface area contributed by atoms with E-state index in [1.165, 1.54) is 17.1 Å². The molecule has 0 saturated heterocycles. The first-order valence-electron chi connectivity index (χ1n) is 10.7. The number of aromatic nitrogens is 3. The molecule has 0 aliphatic carbocycles. The first-order valence-corrected chi connectivity index (χ1v) is 10.7. The van der Waals surface area contributed by atoms with Gasteiger partial charge in [-0.1, -0.05) is 60.7 Å². The third-order valence-electron chi connectivity index (χ3n) is 5.13. The van der Waals surface area contributed by atoms with Crippen LogP contribution >= 0.6 is 0 Å². The van der Waals surface area contributed by atoms with E-state index in [1.807, 2.05) is 60.7 Å². The van der Waals surface area contributed by atoms with E-state index in [-0.39, 0.29) is 18.9 Å². The quantitative estimate of drug-likeness (QED) is 0.372. The Labute approximate surface area is 195 Å². The fourth-order valence-corrected chi connectivity index (χ4v) is 3.50. The Morgan fingerprint density at radius 1 is 1.03 bits per heavy atom. The summed E-state index contributed by atoms with van der Waals surface area (Å²) in [7, 11) is 1.71. The molecule has 0 aliphatic heterocycles. The summed E-state index contributed by atoms with van der Waals surface area (Å²) in [5.74, 6) is -1.84. The van der Waals surface area contributed by atoms with Crippen molar-refractivity contribution in [2.45, 2.75) is 19.0 Å². The SMILES string of the molecule is Cn1cc(C(=O)NC(Cc2ccccc2)C(=O)C(=O)NCc2ncco2)c(-c2ccccc2)n1. The molecule has 0 saturated carbocycles. The highest BCUT2D eigenvalue weighted by atomic mass is 16.3. The van der Waals surface area contributed by atoms with Crippen LogP contribution in [-0.4, -0.2) is 38.4 Å². The monoisotopic (exact) mass is 457 g/mol. The molecule has 2 amide bonds. The number of hydrogen-bond donors (Lipinski definition) is 2. The van der Waals surface area contributed by atoms with Gasteiger partial charge in [-0.2, -0.15) is 5.10 Å². The van der Waals surface area contributed by atoms with Crippen molar-refractivity contribution in [3.63, 3.8) is 0 Å². The lowest BCUT2D eigenvalue weighted by Gasteiger charge is -2.17. The minimum absolute atomic E-state index is 0.0374. The molecule has 2 aromatic carbocycles. The van der Waals surface area contributed by atoms with Crippen molar-refractivity contribution in [3.8, 4) is 11.3 Å². The van der Waals surface area contributed by atoms with Crippen LogP contribution in [0.25, 0.3) is 11.3 Å². The molecule has 2 N–H and O–H groups in total. The van der Waals surface area contributed by atoms with Crippen molar-refractivity contribution >= 4 is 17.6 Å². The highest BCUT2D eigenvalue weighted by molar-refractivity contribution is 6.38. The molecule has 172 valence electrons. The van der Waals surface area contributed by atoms with E-state index in [4.69, 9.17) is 4.42 Å². The van der Waals surface area contributed by atoms with Crippen LogP contribution in [0.2, 0.25) is 0 Å². The fourth-order valence-electron chi connectivity index (χ4n) is 3.50. The van der Waals surface area contributed by atoms with Crippen molar-refractivity contribution in [3.05, 3.63) is 96.3 Å². The minimum atomic E-state index is -1.08. The molecular weight excluding hydrogens is 434 g/mol. The number of hydrogen-bond acceptors (Lipinski definition) is 6. The second-order valence-corrected chi connectivity index (χ2v) is 7.62. The van der Waals surface area contributed by atoms with Crippen molar-refractivity contribution in [1.29, 1.82) is 0 Å². The third-order valence-corrected chi connectivity index (χ3v) is 5.13. The van der Waals surface area contributed by atoms with E-state index in [2.05, 4.69) is 20.7 Å². The van der Waals surface area contributed by atoms with Crippen LogP contribution in [0.1, 0.15) is 21.8 Å². The van der Waals surface area contributed by atoms with Crippen LogP contribution in [0.15, 0.2) is 83.7 Å². The number of nitrogens with one attached hydrogen (secondary N) is 2. The lowest BCUT2D eigenvalue weighted by molar-refractivity contribution is -0.139. The molecule has 9 nitrogen and oxygen atoms in total. The molecule has 4 aromatic rings. The lowest BCUT2D eigenvalue weighted by Crippen LogP contribution is -2.48. The number of oxazole rings is 1. The van der Waals surface area contributed by atoms with E-state index in [0.29, 0.717) is 11.3 Å². The summed E-state index contributed by atoms with van der Waals surface area (Å²) in [6.07, 6.45) is 4.56. The number of Topliss-reactive ketones (excluding diaryl/α,β-unsaturated/α-hetero) is 1. The zero-order chi connectivity index (χ0) is 23.9. The highest BCUT2D eigenvalue weighted by Crippen LogP contribution is 2.21. The van der Waals surface area contributed by atoms with Crippen molar-refractivity contribution in [1.82, 2.24) is 25.4 Å². The smallest absolute Gasteiger partial charge is 0.290 e. The second-order valence-electron chi connectivity index (χ2n) is 7.62. The summed E-state index contributed by atoms with van der Waals surface area (Å²) in [5.41, 5.74) is 2.36. The van der Waals surface area contributed by atoms with E-state index in [0.717, 1.165) is 11.1 Å². The van der Waals surface area contributed by atoms with Crippen molar-refractivity contribution in [2.75, 3.05) is 0 Å². The van der Waals surface area contributed by atoms with Gasteiger partial charge in [0.15, 0.2) is 0 Å². The van der Waals surface area contributed by atoms with Gasteiger partial charge >= 0.3 is 0 Å². The van der Waals surface area contributed by atoms with Crippen LogP contribution in [0, 0.1) is 0 Å². The van der Waals surface area contributed by atoms with Gasteiger partial charge in [-0.05, 0) is 5.56 Å². The van der Waals surface area contributed by atoms with E-state index < -0.39 is 23.6 Å². The normalized spacial score (nSPS) is 11.6. The Balaban J connectivity index is 1.55. The number of amides is 2. The Bertz CT molecular complexity index is 1270. The molecular formula is C25H23N5O4. The molecule has 0 spiro atoms. The Hall–Kier alpha value is -4.53. The summed E-state index contributed by atoms with van der Waals surface area (Å²) in [6, 6.07) is 17.4. The van der Waals surface area contributed by atoms with Gasteiger partial charge in [-0.15, -0.1) is 0 Å². The Morgan fingerprint density at radius 3 is 2.41 bits per heavy atom. The van der Waals surface area contributed by atoms with Gasteiger partial charge in [0.05, 0.1) is 18.3 Å². The van der Waals surface area contributed by atoms with E-state index in [9.17, 15) is 14.4 Å². The van der Waals surface area contributed by atoms with Crippen LogP contribution in [0.3, 0.4) is 0 Å². The fraction of sp³-hybridized carbons (Fsp3) is 0.160. The first kappa shape index (κ1) is 22.7. The average molecular weight is 457 g/mol.